The molecule has 2 N–H and O–H groups in total. The Bertz CT molecular complexity index is 1750. The number of imide groups is 1. The Balaban J connectivity index is 1.46. The number of aromatic nitrogens is 2. The monoisotopic (exact) mass is 586 g/mol. The number of hydrogen-bond acceptors (Lipinski definition) is 7. The van der Waals surface area contributed by atoms with Crippen LogP contribution in [-0.2, 0) is 49.0 Å². The van der Waals surface area contributed by atoms with Crippen LogP contribution in [0, 0.1) is 6.92 Å². The molecule has 0 saturated carbocycles. The molecular formula is C31H27ClN4O6. The lowest BCUT2D eigenvalue weighted by Gasteiger charge is -2.35. The third-order valence-electron chi connectivity index (χ3n) is 7.14. The predicted octanol–water partition coefficient (Wildman–Crippen LogP) is 3.09. The molecule has 4 aromatic rings. The molecule has 1 aromatic heterocycles. The molecule has 5 rings (SSSR count). The van der Waals surface area contributed by atoms with Crippen molar-refractivity contribution in [3.05, 3.63) is 111 Å². The van der Waals surface area contributed by atoms with E-state index in [1.165, 1.54) is 6.92 Å². The molecule has 0 bridgehead atoms. The summed E-state index contributed by atoms with van der Waals surface area (Å²) < 4.78 is 6.56. The summed E-state index contributed by atoms with van der Waals surface area (Å²) in [5.41, 5.74) is -0.319. The summed E-state index contributed by atoms with van der Waals surface area (Å²) in [5.74, 6) is -2.58. The van der Waals surface area contributed by atoms with Gasteiger partial charge in [-0.1, -0.05) is 60.1 Å². The molecule has 1 saturated heterocycles. The topological polar surface area (TPSA) is 136 Å². The van der Waals surface area contributed by atoms with Gasteiger partial charge in [-0.05, 0) is 54.3 Å². The highest BCUT2D eigenvalue weighted by Crippen LogP contribution is 2.30. The molecule has 214 valence electrons. The van der Waals surface area contributed by atoms with Crippen molar-refractivity contribution in [2.24, 2.45) is 0 Å². The maximum atomic E-state index is 14.0. The highest BCUT2D eigenvalue weighted by molar-refractivity contribution is 6.30. The van der Waals surface area contributed by atoms with Crippen LogP contribution in [0.2, 0.25) is 5.02 Å². The summed E-state index contributed by atoms with van der Waals surface area (Å²) in [4.78, 5) is 70.0. The lowest BCUT2D eigenvalue weighted by molar-refractivity contribution is -0.164. The van der Waals surface area contributed by atoms with Crippen LogP contribution in [0.25, 0.3) is 10.9 Å². The standard InChI is InChI=1S/C31H27ClN4O6/c1-19-34-25-12-9-22(17-33-27(38)16-20-7-10-23(32)11-8-20)15-24(25)28(39)36(19)31(14-13-26(37)35-29(31)40)30(41)42-18-21-5-3-2-4-6-21/h2-12,15H,13-14,16-18H2,1H3,(H,33,38)(H,35,37,40). The number of nitrogens with one attached hydrogen (secondary N) is 2. The Morgan fingerprint density at radius 1 is 1.00 bits per heavy atom. The van der Waals surface area contributed by atoms with Crippen LogP contribution in [0.4, 0.5) is 0 Å². The van der Waals surface area contributed by atoms with E-state index in [-0.39, 0.29) is 49.5 Å². The quantitative estimate of drug-likeness (QED) is 0.184. The Morgan fingerprint density at radius 3 is 2.43 bits per heavy atom. The van der Waals surface area contributed by atoms with Crippen molar-refractivity contribution in [3.8, 4) is 0 Å². The van der Waals surface area contributed by atoms with E-state index in [1.807, 2.05) is 6.07 Å². The van der Waals surface area contributed by atoms with E-state index in [2.05, 4.69) is 15.6 Å². The van der Waals surface area contributed by atoms with E-state index in [4.69, 9.17) is 16.3 Å². The number of benzene rings is 3. The molecule has 1 atom stereocenters. The number of carbonyl (C=O) groups is 4. The molecule has 1 aliphatic heterocycles. The summed E-state index contributed by atoms with van der Waals surface area (Å²) in [7, 11) is 0. The van der Waals surface area contributed by atoms with Gasteiger partial charge in [0.05, 0.1) is 17.3 Å². The molecule has 0 spiro atoms. The predicted molar refractivity (Wildman–Crippen MR) is 154 cm³/mol. The number of aryl methyl sites for hydroxylation is 1. The minimum Gasteiger partial charge on any atom is -0.459 e. The first-order valence-electron chi connectivity index (χ1n) is 13.3. The van der Waals surface area contributed by atoms with Crippen LogP contribution in [0.5, 0.6) is 0 Å². The summed E-state index contributed by atoms with van der Waals surface area (Å²) >= 11 is 5.91. The third-order valence-corrected chi connectivity index (χ3v) is 7.39. The second-order valence-electron chi connectivity index (χ2n) is 10.0. The van der Waals surface area contributed by atoms with E-state index in [0.29, 0.717) is 21.7 Å². The molecule has 3 amide bonds. The number of ether oxygens (including phenoxy) is 1. The van der Waals surface area contributed by atoms with Crippen molar-refractivity contribution in [1.82, 2.24) is 20.2 Å². The van der Waals surface area contributed by atoms with Crippen LogP contribution < -0.4 is 16.2 Å². The van der Waals surface area contributed by atoms with Gasteiger partial charge in [0.15, 0.2) is 0 Å². The van der Waals surface area contributed by atoms with Gasteiger partial charge >= 0.3 is 5.97 Å². The van der Waals surface area contributed by atoms with Crippen molar-refractivity contribution in [2.45, 2.75) is 44.9 Å². The van der Waals surface area contributed by atoms with Crippen LogP contribution in [0.15, 0.2) is 77.6 Å². The zero-order valence-electron chi connectivity index (χ0n) is 22.7. The summed E-state index contributed by atoms with van der Waals surface area (Å²) in [6.07, 6.45) is -0.283. The molecule has 42 heavy (non-hydrogen) atoms. The summed E-state index contributed by atoms with van der Waals surface area (Å²) in [6, 6.07) is 20.8. The molecule has 0 aliphatic carbocycles. The molecule has 10 nitrogen and oxygen atoms in total. The molecule has 11 heteroatoms. The second kappa shape index (κ2) is 12.0. The van der Waals surface area contributed by atoms with Crippen molar-refractivity contribution < 1.29 is 23.9 Å². The summed E-state index contributed by atoms with van der Waals surface area (Å²) in [6.45, 7) is 1.52. The van der Waals surface area contributed by atoms with E-state index >= 15 is 0 Å². The fraction of sp³-hybridized carbons (Fsp3) is 0.226. The molecule has 3 aromatic carbocycles. The number of rotatable bonds is 8. The number of hydrogen-bond donors (Lipinski definition) is 2. The fourth-order valence-electron chi connectivity index (χ4n) is 5.00. The van der Waals surface area contributed by atoms with Gasteiger partial charge in [-0.15, -0.1) is 0 Å². The van der Waals surface area contributed by atoms with Crippen LogP contribution in [0.3, 0.4) is 0 Å². The maximum Gasteiger partial charge on any atom is 0.342 e. The lowest BCUT2D eigenvalue weighted by Crippen LogP contribution is -2.62. The Kier molecular flexibility index (Phi) is 8.17. The molecule has 1 unspecified atom stereocenters. The smallest absolute Gasteiger partial charge is 0.342 e. The van der Waals surface area contributed by atoms with Gasteiger partial charge in [0.2, 0.25) is 17.4 Å². The highest BCUT2D eigenvalue weighted by Gasteiger charge is 2.54. The Morgan fingerprint density at radius 2 is 1.71 bits per heavy atom. The molecule has 1 fully saturated rings. The minimum absolute atomic E-state index is 0.109. The number of nitrogens with zero attached hydrogens (tertiary/aromatic N) is 2. The molecule has 2 heterocycles. The normalized spacial score (nSPS) is 16.6. The fourth-order valence-corrected chi connectivity index (χ4v) is 5.12. The average molecular weight is 587 g/mol. The van der Waals surface area contributed by atoms with Crippen LogP contribution >= 0.6 is 11.6 Å². The molecule has 1 aliphatic rings. The summed E-state index contributed by atoms with van der Waals surface area (Å²) in [5, 5.41) is 5.75. The maximum absolute atomic E-state index is 14.0. The zero-order valence-corrected chi connectivity index (χ0v) is 23.4. The number of carbonyl (C=O) groups excluding carboxylic acids is 4. The number of amides is 3. The van der Waals surface area contributed by atoms with E-state index in [9.17, 15) is 24.0 Å². The van der Waals surface area contributed by atoms with Gasteiger partial charge in [0.1, 0.15) is 12.4 Å². The molecule has 0 radical (unpaired) electrons. The van der Waals surface area contributed by atoms with Crippen LogP contribution in [-0.4, -0.2) is 33.2 Å². The zero-order chi connectivity index (χ0) is 29.9. The van der Waals surface area contributed by atoms with E-state index in [1.54, 1.807) is 66.7 Å². The highest BCUT2D eigenvalue weighted by atomic mass is 35.5. The van der Waals surface area contributed by atoms with Gasteiger partial charge < -0.3 is 10.1 Å². The first-order chi connectivity index (χ1) is 20.2. The number of esters is 1. The molecular weight excluding hydrogens is 560 g/mol. The first-order valence-corrected chi connectivity index (χ1v) is 13.6. The van der Waals surface area contributed by atoms with E-state index in [0.717, 1.165) is 10.1 Å². The van der Waals surface area contributed by atoms with E-state index < -0.39 is 28.9 Å². The largest absolute Gasteiger partial charge is 0.459 e. The Labute approximate surface area is 245 Å². The third kappa shape index (κ3) is 5.80. The lowest BCUT2D eigenvalue weighted by atomic mass is 9.87. The SMILES string of the molecule is Cc1nc2ccc(CNC(=O)Cc3ccc(Cl)cc3)cc2c(=O)n1C1(C(=O)OCc2ccccc2)CCC(=O)NC1=O. The Hall–Kier alpha value is -4.83. The van der Waals surface area contributed by atoms with Crippen molar-refractivity contribution in [1.29, 1.82) is 0 Å². The second-order valence-corrected chi connectivity index (χ2v) is 10.5. The van der Waals surface area contributed by atoms with Gasteiger partial charge in [0.25, 0.3) is 11.5 Å². The number of halogens is 1. The first kappa shape index (κ1) is 28.7. The van der Waals surface area contributed by atoms with Gasteiger partial charge in [0, 0.05) is 18.0 Å². The average Bonchev–Trinajstić information content (AvgIpc) is 2.98. The number of piperidine rings is 1. The van der Waals surface area contributed by atoms with Gasteiger partial charge in [-0.2, -0.15) is 0 Å². The van der Waals surface area contributed by atoms with Gasteiger partial charge in [-0.25, -0.2) is 9.78 Å². The minimum atomic E-state index is -2.13. The van der Waals surface area contributed by atoms with Gasteiger partial charge in [-0.3, -0.25) is 29.1 Å². The van der Waals surface area contributed by atoms with Crippen molar-refractivity contribution in [3.63, 3.8) is 0 Å². The van der Waals surface area contributed by atoms with Crippen molar-refractivity contribution >= 4 is 46.2 Å². The number of fused-ring (bicyclic) bond motifs is 1. The van der Waals surface area contributed by atoms with Crippen molar-refractivity contribution in [2.75, 3.05) is 0 Å². The van der Waals surface area contributed by atoms with Crippen LogP contribution in [0.1, 0.15) is 35.4 Å².